The van der Waals surface area contributed by atoms with Crippen molar-refractivity contribution in [1.82, 2.24) is 9.55 Å². The molecule has 1 N–H and O–H groups in total. The van der Waals surface area contributed by atoms with Crippen LogP contribution in [0.4, 0.5) is 17.6 Å². The summed E-state index contributed by atoms with van der Waals surface area (Å²) in [4.78, 5) is 16.7. The zero-order valence-corrected chi connectivity index (χ0v) is 18.6. The van der Waals surface area contributed by atoms with Crippen LogP contribution in [0.5, 0.6) is 0 Å². The fraction of sp³-hybridized carbons (Fsp3) is 0.667. The van der Waals surface area contributed by atoms with Crippen LogP contribution in [0.15, 0.2) is 12.1 Å². The number of rotatable bonds is 8. The number of Topliss-reactive ketones (excluding diaryl/α,β-unsaturated/α-hetero) is 1. The van der Waals surface area contributed by atoms with Crippen LogP contribution >= 0.6 is 0 Å². The molecule has 1 aromatic carbocycles. The fourth-order valence-electron chi connectivity index (χ4n) is 4.62. The first-order valence-corrected chi connectivity index (χ1v) is 11.4. The Morgan fingerprint density at radius 3 is 2.44 bits per heavy atom. The maximum atomic E-state index is 14.9. The molecule has 1 heterocycles. The standard InChI is InChI=1S/C24H30F4N2O2/c1-22(2,24(26,27)28)14-17(31)8-4-9-20-29-21-18(25)12-15(23(32)10-5-11-23)13-19(21)30(20)16-6-3-7-16/h12-13,16,32H,3-11,14H2,1-2H3. The van der Waals surface area contributed by atoms with Crippen LogP contribution in [0.25, 0.3) is 11.0 Å². The van der Waals surface area contributed by atoms with Crippen LogP contribution in [0, 0.1) is 11.2 Å². The summed E-state index contributed by atoms with van der Waals surface area (Å²) in [5, 5.41) is 10.7. The van der Waals surface area contributed by atoms with E-state index in [1.807, 2.05) is 10.6 Å². The summed E-state index contributed by atoms with van der Waals surface area (Å²) < 4.78 is 56.1. The molecule has 2 saturated carbocycles. The summed E-state index contributed by atoms with van der Waals surface area (Å²) in [5.41, 5.74) is -1.55. The molecule has 0 radical (unpaired) electrons. The van der Waals surface area contributed by atoms with Gasteiger partial charge < -0.3 is 9.67 Å². The van der Waals surface area contributed by atoms with Gasteiger partial charge >= 0.3 is 6.18 Å². The number of hydrogen-bond donors (Lipinski definition) is 1. The topological polar surface area (TPSA) is 55.1 Å². The first kappa shape index (κ1) is 23.2. The Kier molecular flexibility index (Phi) is 5.89. The minimum Gasteiger partial charge on any atom is -0.385 e. The van der Waals surface area contributed by atoms with E-state index in [0.29, 0.717) is 42.6 Å². The number of carbonyl (C=O) groups excluding carboxylic acids is 1. The lowest BCUT2D eigenvalue weighted by molar-refractivity contribution is -0.213. The number of aliphatic hydroxyl groups is 1. The van der Waals surface area contributed by atoms with Gasteiger partial charge in [-0.05, 0) is 62.6 Å². The molecule has 32 heavy (non-hydrogen) atoms. The fourth-order valence-corrected chi connectivity index (χ4v) is 4.62. The van der Waals surface area contributed by atoms with Gasteiger partial charge in [-0.15, -0.1) is 0 Å². The van der Waals surface area contributed by atoms with Crippen molar-refractivity contribution in [2.24, 2.45) is 5.41 Å². The molecule has 0 atom stereocenters. The Bertz CT molecular complexity index is 1020. The highest BCUT2D eigenvalue weighted by Crippen LogP contribution is 2.44. The number of hydrogen-bond acceptors (Lipinski definition) is 3. The summed E-state index contributed by atoms with van der Waals surface area (Å²) in [6.07, 6.45) is 0.901. The number of aromatic nitrogens is 2. The molecule has 1 aromatic heterocycles. The Labute approximate surface area is 185 Å². The second kappa shape index (κ2) is 8.12. The van der Waals surface area contributed by atoms with E-state index in [4.69, 9.17) is 0 Å². The lowest BCUT2D eigenvalue weighted by Crippen LogP contribution is -2.34. The van der Waals surface area contributed by atoms with Crippen LogP contribution in [0.1, 0.15) is 89.1 Å². The third kappa shape index (κ3) is 4.18. The van der Waals surface area contributed by atoms with Gasteiger partial charge in [0.15, 0.2) is 5.82 Å². The Balaban J connectivity index is 1.54. The summed E-state index contributed by atoms with van der Waals surface area (Å²) in [6.45, 7) is 2.08. The van der Waals surface area contributed by atoms with E-state index in [1.54, 1.807) is 0 Å². The monoisotopic (exact) mass is 454 g/mol. The average Bonchev–Trinajstić information content (AvgIpc) is 2.96. The molecule has 0 aliphatic heterocycles. The minimum atomic E-state index is -4.43. The SMILES string of the molecule is CC(C)(CC(=O)CCCc1nc2c(F)cc(C3(O)CCC3)cc2n1C1CCC1)C(F)(F)F. The number of nitrogens with zero attached hydrogens (tertiary/aromatic N) is 2. The van der Waals surface area contributed by atoms with Gasteiger partial charge in [-0.25, -0.2) is 9.37 Å². The second-order valence-corrected chi connectivity index (χ2v) is 10.1. The number of ketones is 1. The summed E-state index contributed by atoms with van der Waals surface area (Å²) >= 11 is 0. The van der Waals surface area contributed by atoms with Gasteiger partial charge in [0, 0.05) is 25.3 Å². The highest BCUT2D eigenvalue weighted by Gasteiger charge is 2.48. The second-order valence-electron chi connectivity index (χ2n) is 10.1. The van der Waals surface area contributed by atoms with Gasteiger partial charge in [-0.2, -0.15) is 13.2 Å². The first-order chi connectivity index (χ1) is 14.9. The highest BCUT2D eigenvalue weighted by atomic mass is 19.4. The summed E-state index contributed by atoms with van der Waals surface area (Å²) in [7, 11) is 0. The molecule has 2 fully saturated rings. The van der Waals surface area contributed by atoms with Gasteiger partial charge in [-0.1, -0.05) is 13.8 Å². The van der Waals surface area contributed by atoms with Crippen molar-refractivity contribution in [1.29, 1.82) is 0 Å². The van der Waals surface area contributed by atoms with Crippen molar-refractivity contribution in [2.75, 3.05) is 0 Å². The van der Waals surface area contributed by atoms with Gasteiger partial charge in [0.05, 0.1) is 16.5 Å². The van der Waals surface area contributed by atoms with Gasteiger partial charge in [0.1, 0.15) is 17.1 Å². The van der Waals surface area contributed by atoms with Crippen LogP contribution in [-0.2, 0) is 16.8 Å². The number of alkyl halides is 3. The van der Waals surface area contributed by atoms with Crippen LogP contribution in [0.3, 0.4) is 0 Å². The number of halogens is 4. The molecule has 0 saturated heterocycles. The van der Waals surface area contributed by atoms with Crippen molar-refractivity contribution < 1.29 is 27.5 Å². The van der Waals surface area contributed by atoms with Crippen molar-refractivity contribution >= 4 is 16.8 Å². The number of imidazole rings is 1. The van der Waals surface area contributed by atoms with E-state index in [2.05, 4.69) is 4.98 Å². The highest BCUT2D eigenvalue weighted by molar-refractivity contribution is 5.79. The van der Waals surface area contributed by atoms with Crippen molar-refractivity contribution in [2.45, 2.75) is 95.9 Å². The van der Waals surface area contributed by atoms with Crippen LogP contribution in [-0.4, -0.2) is 26.6 Å². The smallest absolute Gasteiger partial charge is 0.385 e. The molecule has 8 heteroatoms. The number of benzene rings is 1. The Hall–Kier alpha value is -1.96. The normalized spacial score (nSPS) is 19.1. The van der Waals surface area contributed by atoms with E-state index in [-0.39, 0.29) is 18.0 Å². The van der Waals surface area contributed by atoms with E-state index >= 15 is 0 Å². The number of aryl methyl sites for hydroxylation is 1. The quantitative estimate of drug-likeness (QED) is 0.487. The molecule has 0 unspecified atom stereocenters. The van der Waals surface area contributed by atoms with Crippen molar-refractivity contribution in [3.8, 4) is 0 Å². The molecule has 0 spiro atoms. The lowest BCUT2D eigenvalue weighted by atomic mass is 9.75. The maximum Gasteiger partial charge on any atom is 0.394 e. The van der Waals surface area contributed by atoms with Gasteiger partial charge in [0.2, 0.25) is 0 Å². The molecule has 2 aromatic rings. The predicted octanol–water partition coefficient (Wildman–Crippen LogP) is 6.14. The molecule has 0 bridgehead atoms. The van der Waals surface area contributed by atoms with E-state index in [9.17, 15) is 27.5 Å². The third-order valence-corrected chi connectivity index (χ3v) is 7.24. The zero-order valence-electron chi connectivity index (χ0n) is 18.6. The number of carbonyl (C=O) groups is 1. The van der Waals surface area contributed by atoms with Gasteiger partial charge in [-0.3, -0.25) is 4.79 Å². The molecule has 176 valence electrons. The zero-order chi connectivity index (χ0) is 23.3. The van der Waals surface area contributed by atoms with Crippen LogP contribution in [0.2, 0.25) is 0 Å². The number of fused-ring (bicyclic) bond motifs is 1. The summed E-state index contributed by atoms with van der Waals surface area (Å²) in [5.74, 6) is -0.247. The third-order valence-electron chi connectivity index (χ3n) is 7.24. The molecular formula is C24H30F4N2O2. The molecule has 2 aliphatic rings. The largest absolute Gasteiger partial charge is 0.394 e. The minimum absolute atomic E-state index is 0.0286. The molecule has 4 nitrogen and oxygen atoms in total. The summed E-state index contributed by atoms with van der Waals surface area (Å²) in [6, 6.07) is 3.40. The Morgan fingerprint density at radius 2 is 1.91 bits per heavy atom. The van der Waals surface area contributed by atoms with Crippen molar-refractivity contribution in [3.05, 3.63) is 29.3 Å². The van der Waals surface area contributed by atoms with E-state index < -0.39 is 35.2 Å². The molecular weight excluding hydrogens is 424 g/mol. The van der Waals surface area contributed by atoms with E-state index in [0.717, 1.165) is 39.5 Å². The van der Waals surface area contributed by atoms with Gasteiger partial charge in [0.25, 0.3) is 0 Å². The van der Waals surface area contributed by atoms with Crippen LogP contribution < -0.4 is 0 Å². The average molecular weight is 455 g/mol. The molecule has 4 rings (SSSR count). The Morgan fingerprint density at radius 1 is 1.22 bits per heavy atom. The van der Waals surface area contributed by atoms with Crippen molar-refractivity contribution in [3.63, 3.8) is 0 Å². The maximum absolute atomic E-state index is 14.9. The van der Waals surface area contributed by atoms with E-state index in [1.165, 1.54) is 6.07 Å². The lowest BCUT2D eigenvalue weighted by Gasteiger charge is -2.37. The molecule has 0 amide bonds. The predicted molar refractivity (Wildman–Crippen MR) is 113 cm³/mol. The first-order valence-electron chi connectivity index (χ1n) is 11.4. The molecule has 2 aliphatic carbocycles.